The zero-order valence-corrected chi connectivity index (χ0v) is 9.78. The third kappa shape index (κ3) is 2.52. The van der Waals surface area contributed by atoms with Crippen LogP contribution >= 0.6 is 11.6 Å². The van der Waals surface area contributed by atoms with Gasteiger partial charge in [0, 0.05) is 31.0 Å². The van der Waals surface area contributed by atoms with Gasteiger partial charge in [-0.05, 0) is 13.0 Å². The number of hydrogen-bond donors (Lipinski definition) is 1. The van der Waals surface area contributed by atoms with Gasteiger partial charge in [-0.15, -0.1) is 0 Å². The van der Waals surface area contributed by atoms with Crippen molar-refractivity contribution in [1.29, 1.82) is 0 Å². The molecule has 2 aromatic heterocycles. The second kappa shape index (κ2) is 4.99. The molecule has 2 rings (SSSR count). The molecule has 0 amide bonds. The van der Waals surface area contributed by atoms with Gasteiger partial charge in [-0.3, -0.25) is 4.68 Å². The number of anilines is 1. The molecule has 0 saturated carbocycles. The highest BCUT2D eigenvalue weighted by atomic mass is 35.5. The fourth-order valence-corrected chi connectivity index (χ4v) is 1.56. The van der Waals surface area contributed by atoms with Gasteiger partial charge in [0.25, 0.3) is 0 Å². The van der Waals surface area contributed by atoms with Gasteiger partial charge in [-0.1, -0.05) is 17.7 Å². The van der Waals surface area contributed by atoms with Gasteiger partial charge in [0.2, 0.25) is 0 Å². The average molecular weight is 237 g/mol. The minimum atomic E-state index is 0.540. The van der Waals surface area contributed by atoms with E-state index in [1.54, 1.807) is 12.4 Å². The molecule has 0 unspecified atom stereocenters. The van der Waals surface area contributed by atoms with Crippen molar-refractivity contribution >= 4 is 17.3 Å². The maximum Gasteiger partial charge on any atom is 0.133 e. The van der Waals surface area contributed by atoms with E-state index in [1.165, 1.54) is 0 Å². The molecule has 84 valence electrons. The Hall–Kier alpha value is -1.55. The van der Waals surface area contributed by atoms with Crippen LogP contribution in [0.5, 0.6) is 0 Å². The van der Waals surface area contributed by atoms with Crippen LogP contribution in [0.2, 0.25) is 5.15 Å². The van der Waals surface area contributed by atoms with Crippen molar-refractivity contribution in [3.05, 3.63) is 41.4 Å². The van der Waals surface area contributed by atoms with Crippen LogP contribution in [0.1, 0.15) is 12.5 Å². The van der Waals surface area contributed by atoms with Gasteiger partial charge in [0.15, 0.2) is 0 Å². The van der Waals surface area contributed by atoms with Crippen LogP contribution in [-0.2, 0) is 13.1 Å². The Balaban J connectivity index is 1.99. The molecule has 16 heavy (non-hydrogen) atoms. The Morgan fingerprint density at radius 2 is 2.38 bits per heavy atom. The molecule has 2 aromatic rings. The molecule has 0 radical (unpaired) electrons. The summed E-state index contributed by atoms with van der Waals surface area (Å²) in [5, 5.41) is 7.96. The van der Waals surface area contributed by atoms with Crippen molar-refractivity contribution in [2.45, 2.75) is 20.0 Å². The second-order valence-electron chi connectivity index (χ2n) is 3.39. The van der Waals surface area contributed by atoms with Crippen molar-refractivity contribution in [1.82, 2.24) is 14.8 Å². The molecule has 0 spiro atoms. The van der Waals surface area contributed by atoms with Gasteiger partial charge in [0.05, 0.1) is 11.9 Å². The molecule has 0 bridgehead atoms. The molecule has 0 aliphatic rings. The number of aryl methyl sites for hydroxylation is 1. The lowest BCUT2D eigenvalue weighted by molar-refractivity contribution is 0.660. The monoisotopic (exact) mass is 236 g/mol. The third-order valence-corrected chi connectivity index (χ3v) is 2.62. The molecule has 0 aliphatic carbocycles. The maximum atomic E-state index is 5.95. The molecule has 5 heteroatoms. The van der Waals surface area contributed by atoms with E-state index in [4.69, 9.17) is 11.6 Å². The summed E-state index contributed by atoms with van der Waals surface area (Å²) in [7, 11) is 0. The van der Waals surface area contributed by atoms with E-state index in [0.717, 1.165) is 17.8 Å². The highest BCUT2D eigenvalue weighted by Crippen LogP contribution is 2.14. The maximum absolute atomic E-state index is 5.95. The van der Waals surface area contributed by atoms with Crippen LogP contribution in [0.3, 0.4) is 0 Å². The molecule has 0 atom stereocenters. The van der Waals surface area contributed by atoms with Crippen molar-refractivity contribution in [3.63, 3.8) is 0 Å². The van der Waals surface area contributed by atoms with Gasteiger partial charge < -0.3 is 5.32 Å². The van der Waals surface area contributed by atoms with Crippen LogP contribution in [-0.4, -0.2) is 14.8 Å². The lowest BCUT2D eigenvalue weighted by Crippen LogP contribution is -2.00. The number of nitrogens with zero attached hydrogens (tertiary/aromatic N) is 3. The quantitative estimate of drug-likeness (QED) is 0.830. The van der Waals surface area contributed by atoms with E-state index in [-0.39, 0.29) is 0 Å². The van der Waals surface area contributed by atoms with Crippen molar-refractivity contribution in [3.8, 4) is 0 Å². The molecule has 2 heterocycles. The largest absolute Gasteiger partial charge is 0.378 e. The summed E-state index contributed by atoms with van der Waals surface area (Å²) in [6.07, 6.45) is 5.44. The molecule has 0 saturated heterocycles. The van der Waals surface area contributed by atoms with Gasteiger partial charge in [-0.2, -0.15) is 5.10 Å². The minimum absolute atomic E-state index is 0.540. The summed E-state index contributed by atoms with van der Waals surface area (Å²) in [5.41, 5.74) is 1.97. The predicted molar refractivity (Wildman–Crippen MR) is 64.5 cm³/mol. The molecular weight excluding hydrogens is 224 g/mol. The number of rotatable bonds is 4. The lowest BCUT2D eigenvalue weighted by Gasteiger charge is -2.04. The Bertz CT molecular complexity index is 467. The first kappa shape index (κ1) is 11.0. The fraction of sp³-hybridized carbons (Fsp3) is 0.273. The zero-order chi connectivity index (χ0) is 11.4. The number of hydrogen-bond acceptors (Lipinski definition) is 3. The Kier molecular flexibility index (Phi) is 3.41. The Morgan fingerprint density at radius 3 is 3.06 bits per heavy atom. The second-order valence-corrected chi connectivity index (χ2v) is 3.75. The van der Waals surface area contributed by atoms with E-state index in [1.807, 2.05) is 23.0 Å². The summed E-state index contributed by atoms with van der Waals surface area (Å²) in [5.74, 6) is 0. The minimum Gasteiger partial charge on any atom is -0.378 e. The van der Waals surface area contributed by atoms with Crippen molar-refractivity contribution in [2.24, 2.45) is 0 Å². The molecule has 4 nitrogen and oxygen atoms in total. The predicted octanol–water partition coefficient (Wildman–Crippen LogP) is 2.56. The fourth-order valence-electron chi connectivity index (χ4n) is 1.38. The van der Waals surface area contributed by atoms with E-state index in [2.05, 4.69) is 22.3 Å². The van der Waals surface area contributed by atoms with Crippen LogP contribution in [0, 0.1) is 0 Å². The first-order valence-corrected chi connectivity index (χ1v) is 5.53. The van der Waals surface area contributed by atoms with E-state index >= 15 is 0 Å². The summed E-state index contributed by atoms with van der Waals surface area (Å²) in [4.78, 5) is 4.02. The number of aromatic nitrogens is 3. The summed E-state index contributed by atoms with van der Waals surface area (Å²) < 4.78 is 1.87. The first-order valence-electron chi connectivity index (χ1n) is 5.15. The smallest absolute Gasteiger partial charge is 0.133 e. The van der Waals surface area contributed by atoms with Gasteiger partial charge in [0.1, 0.15) is 5.15 Å². The van der Waals surface area contributed by atoms with E-state index in [9.17, 15) is 0 Å². The molecule has 1 N–H and O–H groups in total. The normalized spacial score (nSPS) is 10.4. The van der Waals surface area contributed by atoms with E-state index in [0.29, 0.717) is 11.7 Å². The number of pyridine rings is 1. The summed E-state index contributed by atoms with van der Waals surface area (Å²) in [6.45, 7) is 3.58. The van der Waals surface area contributed by atoms with Crippen LogP contribution < -0.4 is 5.32 Å². The van der Waals surface area contributed by atoms with Crippen molar-refractivity contribution < 1.29 is 0 Å². The van der Waals surface area contributed by atoms with Gasteiger partial charge in [-0.25, -0.2) is 4.98 Å². The summed E-state index contributed by atoms with van der Waals surface area (Å²) >= 11 is 5.95. The first-order chi connectivity index (χ1) is 7.79. The van der Waals surface area contributed by atoms with E-state index < -0.39 is 0 Å². The standard InChI is InChI=1S/C11H13ClN4/c1-2-16-8-10(7-15-16)14-6-9-4-3-5-13-11(9)12/h3-5,7-8,14H,2,6H2,1H3. The third-order valence-electron chi connectivity index (χ3n) is 2.28. The zero-order valence-electron chi connectivity index (χ0n) is 9.02. The number of nitrogens with one attached hydrogen (secondary N) is 1. The molecule has 0 aromatic carbocycles. The Labute approximate surface area is 99.3 Å². The van der Waals surface area contributed by atoms with Crippen LogP contribution in [0.15, 0.2) is 30.7 Å². The van der Waals surface area contributed by atoms with Crippen molar-refractivity contribution in [2.75, 3.05) is 5.32 Å². The van der Waals surface area contributed by atoms with Gasteiger partial charge >= 0.3 is 0 Å². The highest BCUT2D eigenvalue weighted by Gasteiger charge is 2.01. The molecule has 0 fully saturated rings. The SMILES string of the molecule is CCn1cc(NCc2cccnc2Cl)cn1. The summed E-state index contributed by atoms with van der Waals surface area (Å²) in [6, 6.07) is 3.82. The molecule has 0 aliphatic heterocycles. The highest BCUT2D eigenvalue weighted by molar-refractivity contribution is 6.30. The average Bonchev–Trinajstić information content (AvgIpc) is 2.76. The molecular formula is C11H13ClN4. The van der Waals surface area contributed by atoms with Crippen LogP contribution in [0.25, 0.3) is 0 Å². The topological polar surface area (TPSA) is 42.7 Å². The van der Waals surface area contributed by atoms with Crippen LogP contribution in [0.4, 0.5) is 5.69 Å². The number of halogens is 1. The Morgan fingerprint density at radius 1 is 1.50 bits per heavy atom. The lowest BCUT2D eigenvalue weighted by atomic mass is 10.3.